The van der Waals surface area contributed by atoms with Crippen LogP contribution in [0.2, 0.25) is 0 Å². The van der Waals surface area contributed by atoms with Gasteiger partial charge in [0.2, 0.25) is 11.8 Å². The van der Waals surface area contributed by atoms with E-state index in [-0.39, 0.29) is 47.1 Å². The van der Waals surface area contributed by atoms with Crippen molar-refractivity contribution in [3.63, 3.8) is 0 Å². The molecule has 4 fully saturated rings. The highest BCUT2D eigenvalue weighted by Gasteiger charge is 2.68. The average Bonchev–Trinajstić information content (AvgIpc) is 3.78. The van der Waals surface area contributed by atoms with Gasteiger partial charge in [-0.1, -0.05) is 48.5 Å². The van der Waals surface area contributed by atoms with Crippen LogP contribution in [-0.2, 0) is 20.4 Å². The van der Waals surface area contributed by atoms with Crippen LogP contribution < -0.4 is 5.73 Å². The van der Waals surface area contributed by atoms with Crippen molar-refractivity contribution in [3.8, 4) is 0 Å². The van der Waals surface area contributed by atoms with Crippen molar-refractivity contribution in [2.45, 2.75) is 42.6 Å². The standard InChI is InChI=1S/C31H27N3O4/c32-23(29(38)34-16-18-14-31(18)22-8-4-2-6-20(22)25(36)12-27(31)34)9-10-28(37)33-15-17-13-30(17)21-7-3-1-5-19(21)24(35)11-26(30)33/h1-8,11-12,17-18,23H,9-10,13-16,32H2. The Balaban J connectivity index is 0.977. The number of rotatable bonds is 4. The molecule has 38 heavy (non-hydrogen) atoms. The molecule has 0 aromatic heterocycles. The van der Waals surface area contributed by atoms with Crippen molar-refractivity contribution in [1.82, 2.24) is 9.80 Å². The van der Waals surface area contributed by atoms with Crippen LogP contribution in [0.15, 0.2) is 72.1 Å². The van der Waals surface area contributed by atoms with Gasteiger partial charge in [0.1, 0.15) is 0 Å². The molecule has 2 heterocycles. The Morgan fingerprint density at radius 2 is 1.32 bits per heavy atom. The predicted molar refractivity (Wildman–Crippen MR) is 138 cm³/mol. The molecule has 5 unspecified atom stereocenters. The Morgan fingerprint density at radius 3 is 1.89 bits per heavy atom. The molecule has 2 spiro atoms. The molecule has 8 rings (SSSR count). The van der Waals surface area contributed by atoms with Gasteiger partial charge in [-0.3, -0.25) is 19.2 Å². The smallest absolute Gasteiger partial charge is 0.243 e. The normalized spacial score (nSPS) is 31.7. The minimum Gasteiger partial charge on any atom is -0.320 e. The lowest BCUT2D eigenvalue weighted by Gasteiger charge is -2.31. The van der Waals surface area contributed by atoms with Crippen LogP contribution in [0.1, 0.15) is 57.5 Å². The number of hydrogen-bond donors (Lipinski definition) is 1. The lowest BCUT2D eigenvalue weighted by molar-refractivity contribution is -0.131. The summed E-state index contributed by atoms with van der Waals surface area (Å²) in [5.74, 6) is 0.162. The van der Waals surface area contributed by atoms with Crippen LogP contribution in [0.4, 0.5) is 0 Å². The van der Waals surface area contributed by atoms with Crippen molar-refractivity contribution in [1.29, 1.82) is 0 Å². The summed E-state index contributed by atoms with van der Waals surface area (Å²) in [7, 11) is 0. The number of likely N-dealkylation sites (tertiary alicyclic amines) is 2. The Kier molecular flexibility index (Phi) is 4.18. The van der Waals surface area contributed by atoms with E-state index in [9.17, 15) is 19.2 Å². The molecule has 4 aliphatic carbocycles. The van der Waals surface area contributed by atoms with E-state index in [2.05, 4.69) is 0 Å². The number of allylic oxidation sites excluding steroid dienone is 4. The van der Waals surface area contributed by atoms with Gasteiger partial charge in [0.15, 0.2) is 11.6 Å². The van der Waals surface area contributed by atoms with Crippen LogP contribution in [0, 0.1) is 11.8 Å². The Morgan fingerprint density at radius 1 is 0.816 bits per heavy atom. The molecular formula is C31H27N3O4. The third kappa shape index (κ3) is 2.62. The second-order valence-corrected chi connectivity index (χ2v) is 11.7. The zero-order valence-corrected chi connectivity index (χ0v) is 20.9. The highest BCUT2D eigenvalue weighted by Crippen LogP contribution is 2.67. The molecule has 2 amide bonds. The quantitative estimate of drug-likeness (QED) is 0.689. The second kappa shape index (κ2) is 7.17. The second-order valence-electron chi connectivity index (χ2n) is 11.7. The van der Waals surface area contributed by atoms with Gasteiger partial charge in [0.05, 0.1) is 6.04 Å². The van der Waals surface area contributed by atoms with Gasteiger partial charge in [-0.15, -0.1) is 0 Å². The summed E-state index contributed by atoms with van der Waals surface area (Å²) in [5, 5.41) is 0. The lowest BCUT2D eigenvalue weighted by Crippen LogP contribution is -2.44. The number of nitrogens with zero attached hydrogens (tertiary/aromatic N) is 2. The summed E-state index contributed by atoms with van der Waals surface area (Å²) in [4.78, 5) is 55.8. The fraction of sp³-hybridized carbons (Fsp3) is 0.355. The minimum absolute atomic E-state index is 0.0585. The van der Waals surface area contributed by atoms with E-state index in [4.69, 9.17) is 5.73 Å². The van der Waals surface area contributed by atoms with Crippen molar-refractivity contribution < 1.29 is 19.2 Å². The first-order valence-corrected chi connectivity index (χ1v) is 13.5. The molecule has 7 nitrogen and oxygen atoms in total. The number of carbonyl (C=O) groups excluding carboxylic acids is 4. The van der Waals surface area contributed by atoms with E-state index in [0.717, 1.165) is 46.5 Å². The van der Waals surface area contributed by atoms with E-state index in [1.165, 1.54) is 0 Å². The minimum atomic E-state index is -0.838. The molecular weight excluding hydrogens is 478 g/mol. The molecule has 0 radical (unpaired) electrons. The van der Waals surface area contributed by atoms with Gasteiger partial charge in [-0.25, -0.2) is 0 Å². The van der Waals surface area contributed by atoms with E-state index in [1.54, 1.807) is 22.0 Å². The molecule has 190 valence electrons. The number of amides is 2. The fourth-order valence-electron chi connectivity index (χ4n) is 7.96. The number of hydrogen-bond acceptors (Lipinski definition) is 5. The van der Waals surface area contributed by atoms with Crippen molar-refractivity contribution in [2.24, 2.45) is 17.6 Å². The number of piperidine rings is 2. The molecule has 5 atom stereocenters. The molecule has 2 aromatic carbocycles. The zero-order valence-electron chi connectivity index (χ0n) is 20.9. The van der Waals surface area contributed by atoms with Crippen LogP contribution in [0.5, 0.6) is 0 Å². The number of ketones is 2. The lowest BCUT2D eigenvalue weighted by atomic mass is 9.81. The topological polar surface area (TPSA) is 101 Å². The number of carbonyl (C=O) groups is 4. The molecule has 2 saturated carbocycles. The molecule has 6 aliphatic rings. The maximum absolute atomic E-state index is 13.4. The molecule has 0 bridgehead atoms. The van der Waals surface area contributed by atoms with Gasteiger partial charge in [0, 0.05) is 65.0 Å². The van der Waals surface area contributed by atoms with E-state index >= 15 is 0 Å². The largest absolute Gasteiger partial charge is 0.320 e. The summed E-state index contributed by atoms with van der Waals surface area (Å²) in [6.07, 6.45) is 5.50. The Bertz CT molecular complexity index is 1570. The van der Waals surface area contributed by atoms with Gasteiger partial charge in [-0.2, -0.15) is 0 Å². The van der Waals surface area contributed by atoms with E-state index in [1.807, 2.05) is 48.5 Å². The van der Waals surface area contributed by atoms with Gasteiger partial charge in [0.25, 0.3) is 0 Å². The fourth-order valence-corrected chi connectivity index (χ4v) is 7.96. The molecule has 2 saturated heterocycles. The SMILES string of the molecule is NC(CCC(=O)N1CC2CC23C1=CC(=O)c1ccccc13)C(=O)N1CC2CC23C1=CC(=O)c1ccccc13. The molecule has 2 N–H and O–H groups in total. The van der Waals surface area contributed by atoms with Crippen LogP contribution in [-0.4, -0.2) is 52.3 Å². The first kappa shape index (κ1) is 22.2. The van der Waals surface area contributed by atoms with E-state index < -0.39 is 6.04 Å². The number of benzene rings is 2. The summed E-state index contributed by atoms with van der Waals surface area (Å²) < 4.78 is 0. The summed E-state index contributed by atoms with van der Waals surface area (Å²) >= 11 is 0. The maximum Gasteiger partial charge on any atom is 0.243 e. The third-order valence-corrected chi connectivity index (χ3v) is 9.95. The van der Waals surface area contributed by atoms with Gasteiger partial charge in [-0.05, 0) is 42.2 Å². The molecule has 7 heteroatoms. The molecule has 2 aliphatic heterocycles. The summed E-state index contributed by atoms with van der Waals surface area (Å²) in [6.45, 7) is 1.15. The van der Waals surface area contributed by atoms with Crippen molar-refractivity contribution >= 4 is 23.4 Å². The van der Waals surface area contributed by atoms with Gasteiger partial charge < -0.3 is 15.5 Å². The van der Waals surface area contributed by atoms with E-state index in [0.29, 0.717) is 24.9 Å². The Hall–Kier alpha value is -3.84. The van der Waals surface area contributed by atoms with Crippen LogP contribution in [0.3, 0.4) is 0 Å². The highest BCUT2D eigenvalue weighted by molar-refractivity contribution is 6.10. The third-order valence-electron chi connectivity index (χ3n) is 9.95. The Labute approximate surface area is 220 Å². The highest BCUT2D eigenvalue weighted by atomic mass is 16.2. The van der Waals surface area contributed by atoms with Crippen molar-refractivity contribution in [3.05, 3.63) is 94.3 Å². The summed E-state index contributed by atoms with van der Waals surface area (Å²) in [6, 6.07) is 14.6. The number of nitrogens with two attached hydrogens (primary N) is 1. The summed E-state index contributed by atoms with van der Waals surface area (Å²) in [5.41, 5.74) is 11.0. The number of fused-ring (bicyclic) bond motifs is 2. The van der Waals surface area contributed by atoms with Crippen LogP contribution in [0.25, 0.3) is 0 Å². The molecule has 2 aromatic rings. The zero-order chi connectivity index (χ0) is 26.0. The average molecular weight is 506 g/mol. The first-order chi connectivity index (χ1) is 18.4. The van der Waals surface area contributed by atoms with Crippen LogP contribution >= 0.6 is 0 Å². The monoisotopic (exact) mass is 505 g/mol. The van der Waals surface area contributed by atoms with Gasteiger partial charge >= 0.3 is 0 Å². The predicted octanol–water partition coefficient (Wildman–Crippen LogP) is 2.85. The maximum atomic E-state index is 13.4. The van der Waals surface area contributed by atoms with Crippen molar-refractivity contribution in [2.75, 3.05) is 13.1 Å². The first-order valence-electron chi connectivity index (χ1n) is 13.5.